The van der Waals surface area contributed by atoms with Gasteiger partial charge in [0.05, 0.1) is 0 Å². The van der Waals surface area contributed by atoms with Gasteiger partial charge >= 0.3 is 6.03 Å². The highest BCUT2D eigenvalue weighted by Crippen LogP contribution is 2.47. The minimum absolute atomic E-state index is 0.0971. The summed E-state index contributed by atoms with van der Waals surface area (Å²) in [7, 11) is 0. The molecule has 0 radical (unpaired) electrons. The van der Waals surface area contributed by atoms with E-state index in [9.17, 15) is 4.79 Å². The number of hydrogen-bond acceptors (Lipinski definition) is 3. The minimum Gasteiger partial charge on any atom is -0.454 e. The zero-order valence-electron chi connectivity index (χ0n) is 13.6. The number of hydrogen-bond donors (Lipinski definition) is 2. The fourth-order valence-corrected chi connectivity index (χ4v) is 3.02. The molecule has 24 heavy (non-hydrogen) atoms. The second-order valence-electron chi connectivity index (χ2n) is 6.52. The summed E-state index contributed by atoms with van der Waals surface area (Å²) in [6, 6.07) is 13.8. The molecule has 0 bridgehead atoms. The maximum absolute atomic E-state index is 12.2. The quantitative estimate of drug-likeness (QED) is 0.904. The number of carbonyl (C=O) groups is 1. The van der Waals surface area contributed by atoms with Crippen molar-refractivity contribution < 1.29 is 14.3 Å². The van der Waals surface area contributed by atoms with E-state index in [0.717, 1.165) is 12.8 Å². The van der Waals surface area contributed by atoms with Gasteiger partial charge in [0.15, 0.2) is 11.5 Å². The van der Waals surface area contributed by atoms with E-state index in [0.29, 0.717) is 23.7 Å². The lowest BCUT2D eigenvalue weighted by molar-refractivity contribution is 0.174. The number of urea groups is 1. The van der Waals surface area contributed by atoms with Crippen molar-refractivity contribution in [2.24, 2.45) is 0 Å². The van der Waals surface area contributed by atoms with E-state index < -0.39 is 0 Å². The molecule has 1 aliphatic carbocycles. The predicted octanol–water partition coefficient (Wildman–Crippen LogP) is 3.58. The molecule has 0 aromatic heterocycles. The van der Waals surface area contributed by atoms with Crippen molar-refractivity contribution in [1.82, 2.24) is 5.32 Å². The van der Waals surface area contributed by atoms with Crippen LogP contribution < -0.4 is 20.1 Å². The number of benzene rings is 2. The molecule has 0 unspecified atom stereocenters. The lowest BCUT2D eigenvalue weighted by Gasteiger charge is -2.17. The first-order valence-corrected chi connectivity index (χ1v) is 8.16. The van der Waals surface area contributed by atoms with Crippen LogP contribution in [0.5, 0.6) is 11.5 Å². The maximum Gasteiger partial charge on any atom is 0.319 e. The summed E-state index contributed by atoms with van der Waals surface area (Å²) in [6.07, 6.45) is 2.22. The fourth-order valence-electron chi connectivity index (χ4n) is 3.02. The second kappa shape index (κ2) is 5.74. The zero-order valence-corrected chi connectivity index (χ0v) is 13.6. The molecule has 5 heteroatoms. The first-order chi connectivity index (χ1) is 11.6. The molecule has 0 spiro atoms. The molecule has 2 amide bonds. The third-order valence-electron chi connectivity index (χ3n) is 4.74. The zero-order chi connectivity index (χ0) is 16.6. The van der Waals surface area contributed by atoms with E-state index in [2.05, 4.69) is 41.8 Å². The van der Waals surface area contributed by atoms with E-state index in [-0.39, 0.29) is 18.2 Å². The van der Waals surface area contributed by atoms with Crippen LogP contribution in [0, 0.1) is 6.92 Å². The highest BCUT2D eigenvalue weighted by Gasteiger charge is 2.44. The number of amides is 2. The van der Waals surface area contributed by atoms with E-state index in [1.165, 1.54) is 11.1 Å². The van der Waals surface area contributed by atoms with Gasteiger partial charge in [-0.1, -0.05) is 29.8 Å². The first-order valence-electron chi connectivity index (χ1n) is 8.16. The summed E-state index contributed by atoms with van der Waals surface area (Å²) in [4.78, 5) is 12.2. The summed E-state index contributed by atoms with van der Waals surface area (Å²) < 4.78 is 10.6. The lowest BCUT2D eigenvalue weighted by atomic mass is 9.95. The molecule has 124 valence electrons. The van der Waals surface area contributed by atoms with Crippen molar-refractivity contribution in [3.63, 3.8) is 0 Å². The average Bonchev–Trinajstić information content (AvgIpc) is 3.23. The summed E-state index contributed by atoms with van der Waals surface area (Å²) in [5.74, 6) is 1.36. The van der Waals surface area contributed by atoms with E-state index in [1.54, 1.807) is 18.2 Å². The van der Waals surface area contributed by atoms with Crippen LogP contribution in [0.4, 0.5) is 10.5 Å². The summed E-state index contributed by atoms with van der Waals surface area (Å²) >= 11 is 0. The van der Waals surface area contributed by atoms with Crippen molar-refractivity contribution >= 4 is 11.7 Å². The minimum atomic E-state index is -0.202. The van der Waals surface area contributed by atoms with Gasteiger partial charge < -0.3 is 20.1 Å². The van der Waals surface area contributed by atoms with Gasteiger partial charge in [0.25, 0.3) is 0 Å². The van der Waals surface area contributed by atoms with Crippen molar-refractivity contribution in [3.8, 4) is 11.5 Å². The molecular weight excluding hydrogens is 304 g/mol. The summed E-state index contributed by atoms with van der Waals surface area (Å²) in [5.41, 5.74) is 3.34. The molecule has 1 aliphatic heterocycles. The van der Waals surface area contributed by atoms with E-state index in [1.807, 2.05) is 0 Å². The SMILES string of the molecule is Cc1ccc(C2(CNC(=O)Nc3ccc4c(c3)OCO4)CC2)cc1. The smallest absolute Gasteiger partial charge is 0.319 e. The van der Waals surface area contributed by atoms with Crippen LogP contribution in [0.2, 0.25) is 0 Å². The van der Waals surface area contributed by atoms with Crippen LogP contribution in [0.15, 0.2) is 42.5 Å². The van der Waals surface area contributed by atoms with Crippen LogP contribution in [-0.2, 0) is 5.41 Å². The number of nitrogens with one attached hydrogen (secondary N) is 2. The van der Waals surface area contributed by atoms with Gasteiger partial charge in [-0.15, -0.1) is 0 Å². The molecule has 2 aromatic carbocycles. The van der Waals surface area contributed by atoms with Crippen molar-refractivity contribution in [2.75, 3.05) is 18.7 Å². The largest absolute Gasteiger partial charge is 0.454 e. The normalized spacial score (nSPS) is 16.5. The molecular formula is C19H20N2O3. The molecule has 1 fully saturated rings. The maximum atomic E-state index is 12.2. The Bertz CT molecular complexity index is 767. The Balaban J connectivity index is 1.36. The topological polar surface area (TPSA) is 59.6 Å². The predicted molar refractivity (Wildman–Crippen MR) is 91.7 cm³/mol. The first kappa shape index (κ1) is 14.9. The van der Waals surface area contributed by atoms with E-state index >= 15 is 0 Å². The van der Waals surface area contributed by atoms with Crippen LogP contribution in [0.1, 0.15) is 24.0 Å². The molecule has 5 nitrogen and oxygen atoms in total. The van der Waals surface area contributed by atoms with Gasteiger partial charge in [0.1, 0.15) is 0 Å². The molecule has 2 aromatic rings. The van der Waals surface area contributed by atoms with Crippen LogP contribution in [0.3, 0.4) is 0 Å². The van der Waals surface area contributed by atoms with Gasteiger partial charge in [-0.25, -0.2) is 4.79 Å². The Kier molecular flexibility index (Phi) is 3.56. The van der Waals surface area contributed by atoms with Crippen molar-refractivity contribution in [2.45, 2.75) is 25.2 Å². The molecule has 0 atom stereocenters. The number of anilines is 1. The Hall–Kier alpha value is -2.69. The Morgan fingerprint density at radius 3 is 2.58 bits per heavy atom. The standard InChI is InChI=1S/C19H20N2O3/c1-13-2-4-14(5-3-13)19(8-9-19)11-20-18(22)21-15-6-7-16-17(10-15)24-12-23-16/h2-7,10H,8-9,11-12H2,1H3,(H2,20,21,22). The second-order valence-corrected chi connectivity index (χ2v) is 6.52. The van der Waals surface area contributed by atoms with Gasteiger partial charge in [-0.2, -0.15) is 0 Å². The molecule has 1 saturated carbocycles. The Labute approximate surface area is 141 Å². The molecule has 2 aliphatic rings. The highest BCUT2D eigenvalue weighted by atomic mass is 16.7. The third-order valence-corrected chi connectivity index (χ3v) is 4.74. The number of carbonyl (C=O) groups excluding carboxylic acids is 1. The van der Waals surface area contributed by atoms with Gasteiger partial charge in [-0.3, -0.25) is 0 Å². The third kappa shape index (κ3) is 2.89. The fraction of sp³-hybridized carbons (Fsp3) is 0.316. The summed E-state index contributed by atoms with van der Waals surface area (Å²) in [6.45, 7) is 2.96. The van der Waals surface area contributed by atoms with Gasteiger partial charge in [-0.05, 0) is 37.5 Å². The monoisotopic (exact) mass is 324 g/mol. The van der Waals surface area contributed by atoms with Crippen LogP contribution in [0.25, 0.3) is 0 Å². The number of rotatable bonds is 4. The molecule has 0 saturated heterocycles. The number of fused-ring (bicyclic) bond motifs is 1. The molecule has 2 N–H and O–H groups in total. The summed E-state index contributed by atoms with van der Waals surface area (Å²) in [5, 5.41) is 5.84. The number of aryl methyl sites for hydroxylation is 1. The Morgan fingerprint density at radius 1 is 1.08 bits per heavy atom. The van der Waals surface area contributed by atoms with Gasteiger partial charge in [0.2, 0.25) is 6.79 Å². The molecule has 4 rings (SSSR count). The van der Waals surface area contributed by atoms with Crippen molar-refractivity contribution in [3.05, 3.63) is 53.6 Å². The van der Waals surface area contributed by atoms with Crippen LogP contribution in [-0.4, -0.2) is 19.4 Å². The van der Waals surface area contributed by atoms with Crippen molar-refractivity contribution in [1.29, 1.82) is 0 Å². The molecule has 1 heterocycles. The lowest BCUT2D eigenvalue weighted by Crippen LogP contribution is -2.35. The number of ether oxygens (including phenoxy) is 2. The highest BCUT2D eigenvalue weighted by molar-refractivity contribution is 5.89. The van der Waals surface area contributed by atoms with E-state index in [4.69, 9.17) is 9.47 Å². The Morgan fingerprint density at radius 2 is 1.83 bits per heavy atom. The van der Waals surface area contributed by atoms with Gasteiger partial charge in [0, 0.05) is 23.7 Å². The average molecular weight is 324 g/mol. The van der Waals surface area contributed by atoms with Crippen LogP contribution >= 0.6 is 0 Å².